The van der Waals surface area contributed by atoms with Gasteiger partial charge in [-0.25, -0.2) is 9.97 Å². The number of aromatic nitrogens is 2. The highest BCUT2D eigenvalue weighted by atomic mass is 32.1. The monoisotopic (exact) mass is 422 g/mol. The molecule has 0 spiro atoms. The van der Waals surface area contributed by atoms with Gasteiger partial charge in [-0.15, -0.1) is 0 Å². The molecule has 3 atom stereocenters. The van der Waals surface area contributed by atoms with Crippen molar-refractivity contribution in [2.24, 2.45) is 17.8 Å². The van der Waals surface area contributed by atoms with E-state index in [1.165, 1.54) is 11.3 Å². The van der Waals surface area contributed by atoms with Crippen molar-refractivity contribution in [3.63, 3.8) is 0 Å². The number of anilines is 1. The molecule has 1 aromatic carbocycles. The third kappa shape index (κ3) is 3.79. The molecule has 2 aromatic heterocycles. The van der Waals surface area contributed by atoms with E-state index in [-0.39, 0.29) is 11.8 Å². The highest BCUT2D eigenvalue weighted by Gasteiger charge is 2.42. The average Bonchev–Trinajstić information content (AvgIpc) is 3.40. The Balaban J connectivity index is 1.31. The largest absolute Gasteiger partial charge is 0.478 e. The van der Waals surface area contributed by atoms with Crippen LogP contribution in [-0.4, -0.2) is 47.5 Å². The van der Waals surface area contributed by atoms with Crippen molar-refractivity contribution >= 4 is 32.6 Å². The fourth-order valence-corrected chi connectivity index (χ4v) is 5.84. The van der Waals surface area contributed by atoms with Crippen LogP contribution in [0, 0.1) is 17.8 Å². The van der Waals surface area contributed by atoms with E-state index in [0.717, 1.165) is 47.3 Å². The molecule has 1 saturated carbocycles. The molecule has 2 aliphatic rings. The van der Waals surface area contributed by atoms with Crippen LogP contribution < -0.4 is 10.1 Å². The van der Waals surface area contributed by atoms with E-state index in [4.69, 9.17) is 4.74 Å². The van der Waals surface area contributed by atoms with Gasteiger partial charge in [-0.1, -0.05) is 17.4 Å². The van der Waals surface area contributed by atoms with Crippen LogP contribution >= 0.6 is 11.3 Å². The van der Waals surface area contributed by atoms with Gasteiger partial charge in [0.05, 0.1) is 16.8 Å². The van der Waals surface area contributed by atoms with Crippen molar-refractivity contribution in [3.05, 3.63) is 36.5 Å². The maximum atomic E-state index is 12.8. The average molecular weight is 423 g/mol. The van der Waals surface area contributed by atoms with E-state index in [2.05, 4.69) is 33.3 Å². The molecule has 30 heavy (non-hydrogen) atoms. The van der Waals surface area contributed by atoms with Crippen LogP contribution in [0.15, 0.2) is 36.5 Å². The van der Waals surface area contributed by atoms with E-state index in [0.29, 0.717) is 29.5 Å². The Morgan fingerprint density at radius 2 is 1.97 bits per heavy atom. The summed E-state index contributed by atoms with van der Waals surface area (Å²) in [6, 6.07) is 10.1. The Labute approximate surface area is 180 Å². The summed E-state index contributed by atoms with van der Waals surface area (Å²) >= 11 is 1.53. The number of pyridine rings is 1. The van der Waals surface area contributed by atoms with E-state index in [1.54, 1.807) is 6.20 Å². The molecule has 3 aromatic rings. The number of rotatable bonds is 5. The van der Waals surface area contributed by atoms with Crippen LogP contribution in [0.1, 0.15) is 19.8 Å². The first-order valence-corrected chi connectivity index (χ1v) is 11.4. The molecule has 1 aliphatic carbocycles. The van der Waals surface area contributed by atoms with Gasteiger partial charge in [0.25, 0.3) is 0 Å². The molecule has 1 aliphatic heterocycles. The molecule has 1 saturated heterocycles. The maximum absolute atomic E-state index is 12.8. The van der Waals surface area contributed by atoms with Gasteiger partial charge in [0.15, 0.2) is 5.13 Å². The predicted molar refractivity (Wildman–Crippen MR) is 120 cm³/mol. The van der Waals surface area contributed by atoms with Gasteiger partial charge in [0, 0.05) is 31.3 Å². The molecule has 0 radical (unpaired) electrons. The van der Waals surface area contributed by atoms with Crippen molar-refractivity contribution in [1.29, 1.82) is 0 Å². The van der Waals surface area contributed by atoms with Crippen molar-refractivity contribution in [3.8, 4) is 17.0 Å². The predicted octanol–water partition coefficient (Wildman–Crippen LogP) is 4.28. The number of hydrogen-bond acceptors (Lipinski definition) is 6. The molecule has 0 bridgehead atoms. The summed E-state index contributed by atoms with van der Waals surface area (Å²) in [5.74, 6) is 2.21. The molecule has 0 unspecified atom stereocenters. The Bertz CT molecular complexity index is 1070. The van der Waals surface area contributed by atoms with Crippen molar-refractivity contribution in [2.45, 2.75) is 19.8 Å². The summed E-state index contributed by atoms with van der Waals surface area (Å²) in [6.45, 7) is 4.78. The summed E-state index contributed by atoms with van der Waals surface area (Å²) in [5.41, 5.74) is 3.04. The number of nitrogens with one attached hydrogen (secondary N) is 1. The summed E-state index contributed by atoms with van der Waals surface area (Å²) in [5, 5.41) is 3.77. The van der Waals surface area contributed by atoms with Crippen LogP contribution in [0.25, 0.3) is 21.3 Å². The third-order valence-corrected chi connectivity index (χ3v) is 7.22. The Morgan fingerprint density at radius 1 is 1.20 bits per heavy atom. The molecular formula is C23H26N4O2S. The van der Waals surface area contributed by atoms with Crippen molar-refractivity contribution in [2.75, 3.05) is 32.1 Å². The molecule has 156 valence electrons. The second-order valence-corrected chi connectivity index (χ2v) is 9.45. The van der Waals surface area contributed by atoms with Gasteiger partial charge in [-0.2, -0.15) is 0 Å². The SMILES string of the molecule is CCOc1cc(-c2ccc3nc(NC(=O)[C@H]4C[C@@H]5CN(C)C[C@@H]5C4)sc3c2)ccn1. The zero-order valence-corrected chi connectivity index (χ0v) is 18.1. The maximum Gasteiger partial charge on any atom is 0.229 e. The number of benzene rings is 1. The number of fused-ring (bicyclic) bond motifs is 2. The molecule has 1 N–H and O–H groups in total. The lowest BCUT2D eigenvalue weighted by molar-refractivity contribution is -0.119. The van der Waals surface area contributed by atoms with Crippen molar-refractivity contribution < 1.29 is 9.53 Å². The number of carbonyl (C=O) groups is 1. The number of thiazole rings is 1. The fraction of sp³-hybridized carbons (Fsp3) is 0.435. The Kier molecular flexibility index (Phi) is 5.16. The molecule has 6 nitrogen and oxygen atoms in total. The van der Waals surface area contributed by atoms with Crippen LogP contribution in [0.3, 0.4) is 0 Å². The van der Waals surface area contributed by atoms with Gasteiger partial charge in [-0.3, -0.25) is 4.79 Å². The standard InChI is InChI=1S/C23H26N4O2S/c1-3-29-21-11-15(6-7-24-21)14-4-5-19-20(10-14)30-23(25-19)26-22(28)16-8-17-12-27(2)13-18(17)9-16/h4-7,10-11,16-18H,3,8-9,12-13H2,1-2H3,(H,25,26,28)/t16-,17+,18-. The number of hydrogen-bond donors (Lipinski definition) is 1. The molecule has 5 rings (SSSR count). The normalized spacial score (nSPS) is 23.6. The lowest BCUT2D eigenvalue weighted by atomic mass is 10.0. The summed E-state index contributed by atoms with van der Waals surface area (Å²) in [6.07, 6.45) is 3.76. The van der Waals surface area contributed by atoms with Gasteiger partial charge in [-0.05, 0) is 68.0 Å². The number of nitrogens with zero attached hydrogens (tertiary/aromatic N) is 3. The number of ether oxygens (including phenoxy) is 1. The zero-order chi connectivity index (χ0) is 20.7. The first-order chi connectivity index (χ1) is 14.6. The van der Waals surface area contributed by atoms with Gasteiger partial charge in [0.1, 0.15) is 0 Å². The van der Waals surface area contributed by atoms with Gasteiger partial charge >= 0.3 is 0 Å². The van der Waals surface area contributed by atoms with E-state index >= 15 is 0 Å². The summed E-state index contributed by atoms with van der Waals surface area (Å²) in [4.78, 5) is 24.1. The third-order valence-electron chi connectivity index (χ3n) is 6.28. The Morgan fingerprint density at radius 3 is 2.73 bits per heavy atom. The van der Waals surface area contributed by atoms with E-state index in [9.17, 15) is 4.79 Å². The van der Waals surface area contributed by atoms with Crippen LogP contribution in [0.4, 0.5) is 5.13 Å². The Hall–Kier alpha value is -2.51. The van der Waals surface area contributed by atoms with Crippen molar-refractivity contribution in [1.82, 2.24) is 14.9 Å². The highest BCUT2D eigenvalue weighted by Crippen LogP contribution is 2.41. The molecule has 7 heteroatoms. The first kappa shape index (κ1) is 19.5. The van der Waals surface area contributed by atoms with Crippen LogP contribution in [0.5, 0.6) is 5.88 Å². The quantitative estimate of drug-likeness (QED) is 0.665. The molecule has 3 heterocycles. The molecule has 1 amide bonds. The first-order valence-electron chi connectivity index (χ1n) is 10.6. The number of amides is 1. The topological polar surface area (TPSA) is 67.3 Å². The van der Waals surface area contributed by atoms with Crippen LogP contribution in [0.2, 0.25) is 0 Å². The zero-order valence-electron chi connectivity index (χ0n) is 17.3. The number of likely N-dealkylation sites (tertiary alicyclic amines) is 1. The minimum atomic E-state index is 0.116. The van der Waals surface area contributed by atoms with E-state index < -0.39 is 0 Å². The van der Waals surface area contributed by atoms with Crippen LogP contribution in [-0.2, 0) is 4.79 Å². The fourth-order valence-electron chi connectivity index (χ4n) is 4.93. The van der Waals surface area contributed by atoms with Gasteiger partial charge < -0.3 is 15.0 Å². The van der Waals surface area contributed by atoms with E-state index in [1.807, 2.05) is 31.2 Å². The minimum Gasteiger partial charge on any atom is -0.478 e. The molecular weight excluding hydrogens is 396 g/mol. The summed E-state index contributed by atoms with van der Waals surface area (Å²) in [7, 11) is 2.17. The minimum absolute atomic E-state index is 0.116. The number of carbonyl (C=O) groups excluding carboxylic acids is 1. The lowest BCUT2D eigenvalue weighted by Gasteiger charge is -2.13. The molecule has 2 fully saturated rings. The second kappa shape index (κ2) is 7.96. The smallest absolute Gasteiger partial charge is 0.229 e. The highest BCUT2D eigenvalue weighted by molar-refractivity contribution is 7.22. The summed E-state index contributed by atoms with van der Waals surface area (Å²) < 4.78 is 6.57. The van der Waals surface area contributed by atoms with Gasteiger partial charge in [0.2, 0.25) is 11.8 Å². The lowest BCUT2D eigenvalue weighted by Crippen LogP contribution is -2.23. The second-order valence-electron chi connectivity index (χ2n) is 8.42.